The number of aliphatic hydroxyl groups is 6. The van der Waals surface area contributed by atoms with Gasteiger partial charge in [0.05, 0.1) is 25.4 Å². The Morgan fingerprint density at radius 3 is 2.32 bits per heavy atom. The fraction of sp³-hybridized carbons (Fsp3) is 0.500. The summed E-state index contributed by atoms with van der Waals surface area (Å²) in [5.74, 6) is -0.205. The summed E-state index contributed by atoms with van der Waals surface area (Å²) in [5.41, 5.74) is 2.64. The summed E-state index contributed by atoms with van der Waals surface area (Å²) < 4.78 is 17.1. The zero-order chi connectivity index (χ0) is 26.7. The van der Waals surface area contributed by atoms with Crippen LogP contribution in [0.15, 0.2) is 48.5 Å². The van der Waals surface area contributed by atoms with Gasteiger partial charge in [-0.3, -0.25) is 4.79 Å². The van der Waals surface area contributed by atoms with Crippen molar-refractivity contribution in [1.82, 2.24) is 5.32 Å². The van der Waals surface area contributed by atoms with E-state index in [-0.39, 0.29) is 12.3 Å². The van der Waals surface area contributed by atoms with Crippen molar-refractivity contribution in [3.8, 4) is 11.1 Å². The molecule has 2 heterocycles. The predicted octanol–water partition coefficient (Wildman–Crippen LogP) is -0.918. The van der Waals surface area contributed by atoms with Gasteiger partial charge in [-0.15, -0.1) is 0 Å². The third-order valence-electron chi connectivity index (χ3n) is 6.79. The van der Waals surface area contributed by atoms with E-state index in [1.165, 1.54) is 0 Å². The van der Waals surface area contributed by atoms with Crippen molar-refractivity contribution in [2.75, 3.05) is 20.3 Å². The fourth-order valence-corrected chi connectivity index (χ4v) is 4.68. The Balaban J connectivity index is 1.58. The Morgan fingerprint density at radius 2 is 1.68 bits per heavy atom. The molecule has 0 aliphatic carbocycles. The molecule has 0 bridgehead atoms. The van der Waals surface area contributed by atoms with Crippen LogP contribution in [0.5, 0.6) is 0 Å². The van der Waals surface area contributed by atoms with E-state index in [4.69, 9.17) is 14.2 Å². The second kappa shape index (κ2) is 11.9. The van der Waals surface area contributed by atoms with Gasteiger partial charge in [0.25, 0.3) is 5.91 Å². The van der Waals surface area contributed by atoms with E-state index < -0.39 is 68.3 Å². The van der Waals surface area contributed by atoms with Crippen LogP contribution in [0.4, 0.5) is 0 Å². The minimum atomic E-state index is -1.47. The van der Waals surface area contributed by atoms with E-state index in [0.717, 1.165) is 11.1 Å². The van der Waals surface area contributed by atoms with Gasteiger partial charge in [0.2, 0.25) is 0 Å². The van der Waals surface area contributed by atoms with Gasteiger partial charge in [-0.1, -0.05) is 30.3 Å². The molecule has 1 amide bonds. The molecular formula is C26H33NO10. The van der Waals surface area contributed by atoms with Gasteiger partial charge in [-0.25, -0.2) is 0 Å². The zero-order valence-electron chi connectivity index (χ0n) is 20.3. The third-order valence-corrected chi connectivity index (χ3v) is 6.79. The molecule has 4 rings (SSSR count). The molecule has 0 spiro atoms. The first-order chi connectivity index (χ1) is 17.8. The third kappa shape index (κ3) is 5.85. The van der Waals surface area contributed by atoms with E-state index in [2.05, 4.69) is 5.32 Å². The number of carbonyl (C=O) groups is 1. The van der Waals surface area contributed by atoms with Gasteiger partial charge in [0.1, 0.15) is 36.6 Å². The van der Waals surface area contributed by atoms with E-state index in [0.29, 0.717) is 11.1 Å². The number of benzene rings is 2. The summed E-state index contributed by atoms with van der Waals surface area (Å²) in [6.45, 7) is -0.984. The SMILES string of the molecule is CNC(=O)c1ccc(-c2cccc([C@H]3O[C@H](CO)[C@@H](O)[C@H](O[C@H]4O[C@H](CO)C[C@H](O)[C@@H]4O)[C@@H]3O)c2)cc1. The molecule has 11 nitrogen and oxygen atoms in total. The Morgan fingerprint density at radius 1 is 0.946 bits per heavy atom. The number of rotatable bonds is 7. The molecule has 0 radical (unpaired) electrons. The second-order valence-corrected chi connectivity index (χ2v) is 9.24. The molecule has 37 heavy (non-hydrogen) atoms. The van der Waals surface area contributed by atoms with Crippen LogP contribution in [0.3, 0.4) is 0 Å². The Labute approximate surface area is 213 Å². The number of nitrogens with one attached hydrogen (secondary N) is 1. The highest BCUT2D eigenvalue weighted by Crippen LogP contribution is 2.37. The van der Waals surface area contributed by atoms with Crippen LogP contribution in [0.2, 0.25) is 0 Å². The Bertz CT molecular complexity index is 1050. The first-order valence-electron chi connectivity index (χ1n) is 12.1. The quantitative estimate of drug-likeness (QED) is 0.242. The average Bonchev–Trinajstić information content (AvgIpc) is 2.93. The van der Waals surface area contributed by atoms with Crippen LogP contribution in [-0.2, 0) is 14.2 Å². The van der Waals surface area contributed by atoms with Gasteiger partial charge in [0.15, 0.2) is 6.29 Å². The molecular weight excluding hydrogens is 486 g/mol. The van der Waals surface area contributed by atoms with Crippen LogP contribution < -0.4 is 5.32 Å². The van der Waals surface area contributed by atoms with Crippen molar-refractivity contribution in [2.24, 2.45) is 0 Å². The van der Waals surface area contributed by atoms with Gasteiger partial charge in [0, 0.05) is 19.0 Å². The lowest BCUT2D eigenvalue weighted by molar-refractivity contribution is -0.327. The monoisotopic (exact) mass is 519 g/mol. The molecule has 2 aromatic rings. The summed E-state index contributed by atoms with van der Waals surface area (Å²) in [7, 11) is 1.55. The van der Waals surface area contributed by atoms with Crippen LogP contribution in [0.1, 0.15) is 28.4 Å². The molecule has 2 aromatic carbocycles. The van der Waals surface area contributed by atoms with Crippen LogP contribution in [0, 0.1) is 0 Å². The number of amides is 1. The van der Waals surface area contributed by atoms with E-state index in [9.17, 15) is 35.4 Å². The van der Waals surface area contributed by atoms with Crippen LogP contribution >= 0.6 is 0 Å². The lowest BCUT2D eigenvalue weighted by Crippen LogP contribution is -2.60. The number of hydrogen-bond acceptors (Lipinski definition) is 10. The topological polar surface area (TPSA) is 178 Å². The highest BCUT2D eigenvalue weighted by atomic mass is 16.7. The van der Waals surface area contributed by atoms with Crippen molar-refractivity contribution in [3.05, 3.63) is 59.7 Å². The van der Waals surface area contributed by atoms with Crippen molar-refractivity contribution in [1.29, 1.82) is 0 Å². The average molecular weight is 520 g/mol. The number of ether oxygens (including phenoxy) is 3. The number of carbonyl (C=O) groups excluding carboxylic acids is 1. The maximum atomic E-state index is 11.8. The predicted molar refractivity (Wildman–Crippen MR) is 129 cm³/mol. The highest BCUT2D eigenvalue weighted by Gasteiger charge is 2.49. The molecule has 7 N–H and O–H groups in total. The van der Waals surface area contributed by atoms with Crippen molar-refractivity contribution in [2.45, 2.75) is 61.5 Å². The zero-order valence-corrected chi connectivity index (χ0v) is 20.3. The van der Waals surface area contributed by atoms with Crippen molar-refractivity contribution in [3.63, 3.8) is 0 Å². The molecule has 9 atom stereocenters. The molecule has 0 aromatic heterocycles. The van der Waals surface area contributed by atoms with E-state index >= 15 is 0 Å². The minimum absolute atomic E-state index is 0.00477. The van der Waals surface area contributed by atoms with E-state index in [1.807, 2.05) is 6.07 Å². The first kappa shape index (κ1) is 27.6. The molecule has 2 aliphatic rings. The maximum Gasteiger partial charge on any atom is 0.251 e. The minimum Gasteiger partial charge on any atom is -0.394 e. The molecule has 2 saturated heterocycles. The standard InChI is InChI=1S/C26H33NO10/c1-27-25(34)14-7-5-13(6-8-14)15-3-2-4-16(9-15)23-22(33)24(21(32)19(12-29)36-23)37-26-20(31)18(30)10-17(11-28)35-26/h2-9,17-24,26,28-33H,10-12H2,1H3,(H,27,34)/t17-,18-,19+,20-,21+,22+,23+,24-,26+/m0/s1. The van der Waals surface area contributed by atoms with Crippen LogP contribution in [-0.4, -0.2) is 106 Å². The highest BCUT2D eigenvalue weighted by molar-refractivity contribution is 5.94. The molecule has 0 unspecified atom stereocenters. The van der Waals surface area contributed by atoms with Gasteiger partial charge < -0.3 is 50.2 Å². The summed E-state index contributed by atoms with van der Waals surface area (Å²) in [4.78, 5) is 11.8. The van der Waals surface area contributed by atoms with Crippen molar-refractivity contribution >= 4 is 5.91 Å². The lowest BCUT2D eigenvalue weighted by Gasteiger charge is -2.45. The maximum absolute atomic E-state index is 11.8. The Kier molecular flexibility index (Phi) is 8.90. The summed E-state index contributed by atoms with van der Waals surface area (Å²) in [6.07, 6.45) is -11.3. The summed E-state index contributed by atoms with van der Waals surface area (Å²) in [5, 5.41) is 64.2. The molecule has 11 heteroatoms. The molecule has 2 aliphatic heterocycles. The number of aliphatic hydroxyl groups excluding tert-OH is 6. The molecule has 0 saturated carbocycles. The second-order valence-electron chi connectivity index (χ2n) is 9.24. The fourth-order valence-electron chi connectivity index (χ4n) is 4.68. The van der Waals surface area contributed by atoms with Gasteiger partial charge in [-0.2, -0.15) is 0 Å². The van der Waals surface area contributed by atoms with Crippen molar-refractivity contribution < 1.29 is 49.6 Å². The first-order valence-corrected chi connectivity index (χ1v) is 12.1. The number of hydrogen-bond donors (Lipinski definition) is 7. The van der Waals surface area contributed by atoms with Crippen LogP contribution in [0.25, 0.3) is 11.1 Å². The largest absolute Gasteiger partial charge is 0.394 e. The summed E-state index contributed by atoms with van der Waals surface area (Å²) >= 11 is 0. The van der Waals surface area contributed by atoms with Gasteiger partial charge in [-0.05, 0) is 34.9 Å². The Hall–Kier alpha value is -2.45. The summed E-state index contributed by atoms with van der Waals surface area (Å²) in [6, 6.07) is 14.1. The lowest BCUT2D eigenvalue weighted by atomic mass is 9.89. The smallest absolute Gasteiger partial charge is 0.251 e. The van der Waals surface area contributed by atoms with Gasteiger partial charge >= 0.3 is 0 Å². The normalized spacial score (nSPS) is 34.2. The molecule has 202 valence electrons. The molecule has 2 fully saturated rings. The van der Waals surface area contributed by atoms with E-state index in [1.54, 1.807) is 49.5 Å².